The predicted octanol–water partition coefficient (Wildman–Crippen LogP) is 2.56. The Morgan fingerprint density at radius 1 is 1.33 bits per heavy atom. The number of aromatic nitrogens is 2. The highest BCUT2D eigenvalue weighted by atomic mass is 15.1. The van der Waals surface area contributed by atoms with Crippen molar-refractivity contribution in [2.24, 2.45) is 0 Å². The molecule has 0 radical (unpaired) electrons. The molecule has 1 heterocycles. The SMILES string of the molecule is CCCNCc1nc(C(C)C)ncc1N(C)CC. The molecule has 4 nitrogen and oxygen atoms in total. The van der Waals surface area contributed by atoms with Crippen LogP contribution in [0.25, 0.3) is 0 Å². The summed E-state index contributed by atoms with van der Waals surface area (Å²) in [6.45, 7) is 11.4. The first kappa shape index (κ1) is 14.9. The topological polar surface area (TPSA) is 41.1 Å². The highest BCUT2D eigenvalue weighted by Crippen LogP contribution is 2.19. The van der Waals surface area contributed by atoms with Crippen molar-refractivity contribution < 1.29 is 0 Å². The number of rotatable bonds is 7. The molecular formula is C14H26N4. The zero-order valence-corrected chi connectivity index (χ0v) is 12.3. The fourth-order valence-electron chi connectivity index (χ4n) is 1.71. The lowest BCUT2D eigenvalue weighted by Gasteiger charge is -2.20. The van der Waals surface area contributed by atoms with Crippen LogP contribution in [0.3, 0.4) is 0 Å². The number of nitrogens with one attached hydrogen (secondary N) is 1. The van der Waals surface area contributed by atoms with Crippen molar-refractivity contribution in [3.05, 3.63) is 17.7 Å². The van der Waals surface area contributed by atoms with Crippen LogP contribution < -0.4 is 10.2 Å². The molecule has 102 valence electrons. The molecule has 0 atom stereocenters. The molecule has 0 bridgehead atoms. The van der Waals surface area contributed by atoms with E-state index in [9.17, 15) is 0 Å². The smallest absolute Gasteiger partial charge is 0.131 e. The van der Waals surface area contributed by atoms with Gasteiger partial charge in [0.15, 0.2) is 0 Å². The fraction of sp³-hybridized carbons (Fsp3) is 0.714. The number of hydrogen-bond donors (Lipinski definition) is 1. The molecule has 1 rings (SSSR count). The molecule has 4 heteroatoms. The molecular weight excluding hydrogens is 224 g/mol. The minimum atomic E-state index is 0.371. The van der Waals surface area contributed by atoms with Gasteiger partial charge in [0, 0.05) is 26.1 Å². The van der Waals surface area contributed by atoms with Gasteiger partial charge < -0.3 is 10.2 Å². The maximum atomic E-state index is 4.70. The second kappa shape index (κ2) is 7.31. The minimum Gasteiger partial charge on any atom is -0.372 e. The molecule has 0 saturated heterocycles. The lowest BCUT2D eigenvalue weighted by atomic mass is 10.2. The van der Waals surface area contributed by atoms with Crippen LogP contribution in [0, 0.1) is 0 Å². The second-order valence-electron chi connectivity index (χ2n) is 4.91. The zero-order valence-electron chi connectivity index (χ0n) is 12.3. The lowest BCUT2D eigenvalue weighted by molar-refractivity contribution is 0.650. The van der Waals surface area contributed by atoms with Gasteiger partial charge in [0.25, 0.3) is 0 Å². The summed E-state index contributed by atoms with van der Waals surface area (Å²) >= 11 is 0. The Hall–Kier alpha value is -1.16. The molecule has 0 spiro atoms. The van der Waals surface area contributed by atoms with Crippen LogP contribution in [0.5, 0.6) is 0 Å². The third-order valence-corrected chi connectivity index (χ3v) is 2.99. The minimum absolute atomic E-state index is 0.371. The summed E-state index contributed by atoms with van der Waals surface area (Å²) in [5.41, 5.74) is 2.23. The highest BCUT2D eigenvalue weighted by Gasteiger charge is 2.11. The van der Waals surface area contributed by atoms with Crippen molar-refractivity contribution in [3.63, 3.8) is 0 Å². The van der Waals surface area contributed by atoms with Gasteiger partial charge in [-0.15, -0.1) is 0 Å². The van der Waals surface area contributed by atoms with Crippen molar-refractivity contribution in [1.29, 1.82) is 0 Å². The van der Waals surface area contributed by atoms with E-state index in [1.54, 1.807) is 0 Å². The summed E-state index contributed by atoms with van der Waals surface area (Å²) in [5, 5.41) is 3.42. The summed E-state index contributed by atoms with van der Waals surface area (Å²) in [4.78, 5) is 11.3. The maximum Gasteiger partial charge on any atom is 0.131 e. The van der Waals surface area contributed by atoms with Crippen molar-refractivity contribution in [1.82, 2.24) is 15.3 Å². The quantitative estimate of drug-likeness (QED) is 0.755. The summed E-state index contributed by atoms with van der Waals surface area (Å²) in [6.07, 6.45) is 3.09. The van der Waals surface area contributed by atoms with Gasteiger partial charge in [0.2, 0.25) is 0 Å². The molecule has 1 aromatic heterocycles. The summed E-state index contributed by atoms with van der Waals surface area (Å²) in [5.74, 6) is 1.30. The number of anilines is 1. The Morgan fingerprint density at radius 3 is 2.61 bits per heavy atom. The lowest BCUT2D eigenvalue weighted by Crippen LogP contribution is -2.23. The van der Waals surface area contributed by atoms with Crippen LogP contribution in [0.1, 0.15) is 51.6 Å². The third-order valence-electron chi connectivity index (χ3n) is 2.99. The number of hydrogen-bond acceptors (Lipinski definition) is 4. The van der Waals surface area contributed by atoms with Gasteiger partial charge in [-0.05, 0) is 19.9 Å². The maximum absolute atomic E-state index is 4.70. The van der Waals surface area contributed by atoms with E-state index in [2.05, 4.69) is 49.9 Å². The molecule has 0 aromatic carbocycles. The Balaban J connectivity index is 2.94. The number of nitrogens with zero attached hydrogens (tertiary/aromatic N) is 3. The Labute approximate surface area is 111 Å². The average molecular weight is 250 g/mol. The van der Waals surface area contributed by atoms with Crippen molar-refractivity contribution in [2.45, 2.75) is 46.6 Å². The van der Waals surface area contributed by atoms with E-state index in [1.165, 1.54) is 0 Å². The highest BCUT2D eigenvalue weighted by molar-refractivity contribution is 5.48. The normalized spacial score (nSPS) is 11.0. The van der Waals surface area contributed by atoms with E-state index in [1.807, 2.05) is 6.20 Å². The Morgan fingerprint density at radius 2 is 2.06 bits per heavy atom. The molecule has 0 saturated carbocycles. The Kier molecular flexibility index (Phi) is 6.05. The van der Waals surface area contributed by atoms with Gasteiger partial charge >= 0.3 is 0 Å². The van der Waals surface area contributed by atoms with Crippen LogP contribution in [0.2, 0.25) is 0 Å². The molecule has 0 aliphatic carbocycles. The van der Waals surface area contributed by atoms with Crippen molar-refractivity contribution in [3.8, 4) is 0 Å². The Bertz CT molecular complexity index is 363. The van der Waals surface area contributed by atoms with Crippen LogP contribution >= 0.6 is 0 Å². The van der Waals surface area contributed by atoms with E-state index in [-0.39, 0.29) is 0 Å². The average Bonchev–Trinajstić information content (AvgIpc) is 2.38. The second-order valence-corrected chi connectivity index (χ2v) is 4.91. The van der Waals surface area contributed by atoms with E-state index in [0.717, 1.165) is 43.3 Å². The third kappa shape index (κ3) is 3.95. The molecule has 1 aromatic rings. The van der Waals surface area contributed by atoms with Crippen molar-refractivity contribution >= 4 is 5.69 Å². The fourth-order valence-corrected chi connectivity index (χ4v) is 1.71. The van der Waals surface area contributed by atoms with E-state index >= 15 is 0 Å². The summed E-state index contributed by atoms with van der Waals surface area (Å²) < 4.78 is 0. The monoisotopic (exact) mass is 250 g/mol. The first-order chi connectivity index (χ1) is 8.60. The molecule has 0 fully saturated rings. The van der Waals surface area contributed by atoms with Gasteiger partial charge in [0.1, 0.15) is 5.82 Å². The first-order valence-corrected chi connectivity index (χ1v) is 6.87. The van der Waals surface area contributed by atoms with E-state index in [0.29, 0.717) is 5.92 Å². The summed E-state index contributed by atoms with van der Waals surface area (Å²) in [6, 6.07) is 0. The van der Waals surface area contributed by atoms with E-state index < -0.39 is 0 Å². The molecule has 0 amide bonds. The van der Waals surface area contributed by atoms with Crippen molar-refractivity contribution in [2.75, 3.05) is 25.0 Å². The van der Waals surface area contributed by atoms with Crippen LogP contribution in [-0.2, 0) is 6.54 Å². The van der Waals surface area contributed by atoms with Gasteiger partial charge in [-0.25, -0.2) is 9.97 Å². The van der Waals surface area contributed by atoms with Crippen LogP contribution in [0.4, 0.5) is 5.69 Å². The largest absolute Gasteiger partial charge is 0.372 e. The van der Waals surface area contributed by atoms with Crippen LogP contribution in [-0.4, -0.2) is 30.1 Å². The molecule has 0 aliphatic rings. The first-order valence-electron chi connectivity index (χ1n) is 6.87. The summed E-state index contributed by atoms with van der Waals surface area (Å²) in [7, 11) is 2.08. The van der Waals surface area contributed by atoms with E-state index in [4.69, 9.17) is 4.98 Å². The van der Waals surface area contributed by atoms with Crippen LogP contribution in [0.15, 0.2) is 6.20 Å². The van der Waals surface area contributed by atoms with Gasteiger partial charge in [0.05, 0.1) is 17.6 Å². The zero-order chi connectivity index (χ0) is 13.5. The molecule has 1 N–H and O–H groups in total. The van der Waals surface area contributed by atoms with Gasteiger partial charge in [-0.1, -0.05) is 20.8 Å². The molecule has 18 heavy (non-hydrogen) atoms. The predicted molar refractivity (Wildman–Crippen MR) is 77.1 cm³/mol. The van der Waals surface area contributed by atoms with Gasteiger partial charge in [-0.2, -0.15) is 0 Å². The molecule has 0 unspecified atom stereocenters. The molecule has 0 aliphatic heterocycles. The van der Waals surface area contributed by atoms with Gasteiger partial charge in [-0.3, -0.25) is 0 Å². The standard InChI is InChI=1S/C14H26N4/c1-6-8-15-9-12-13(18(5)7-2)10-16-14(17-12)11(3)4/h10-11,15H,6-9H2,1-5H3.